The number of rotatable bonds is 4. The van der Waals surface area contributed by atoms with Crippen LogP contribution in [0.3, 0.4) is 0 Å². The highest BCUT2D eigenvalue weighted by Gasteiger charge is 2.22. The van der Waals surface area contributed by atoms with Gasteiger partial charge in [0.2, 0.25) is 5.75 Å². The van der Waals surface area contributed by atoms with E-state index < -0.39 is 0 Å². The number of halogens is 1. The molecule has 0 aliphatic carbocycles. The number of quaternary nitrogens is 1. The predicted octanol–water partition coefficient (Wildman–Crippen LogP) is 4.37. The van der Waals surface area contributed by atoms with Gasteiger partial charge in [-0.25, -0.2) is 0 Å². The molecule has 24 heavy (non-hydrogen) atoms. The zero-order valence-corrected chi connectivity index (χ0v) is 14.7. The normalized spacial score (nSPS) is 11.7. The van der Waals surface area contributed by atoms with Crippen LogP contribution in [-0.4, -0.2) is 35.8 Å². The van der Waals surface area contributed by atoms with E-state index in [1.54, 1.807) is 29.0 Å². The SMILES string of the molecule is CC[N+](C)(C)Oc1cn(C(=O)c2ccccc2)c2ccc(Cl)cc12. The fourth-order valence-corrected chi connectivity index (χ4v) is 2.64. The van der Waals surface area contributed by atoms with Crippen LogP contribution in [0, 0.1) is 0 Å². The van der Waals surface area contributed by atoms with Crippen LogP contribution in [0.1, 0.15) is 17.3 Å². The second kappa shape index (κ2) is 6.30. The number of benzene rings is 2. The van der Waals surface area contributed by atoms with E-state index in [1.165, 1.54) is 0 Å². The van der Waals surface area contributed by atoms with Crippen LogP contribution in [-0.2, 0) is 0 Å². The zero-order valence-electron chi connectivity index (χ0n) is 14.0. The van der Waals surface area contributed by atoms with Crippen molar-refractivity contribution in [3.8, 4) is 5.75 Å². The van der Waals surface area contributed by atoms with E-state index in [-0.39, 0.29) is 5.91 Å². The van der Waals surface area contributed by atoms with Gasteiger partial charge >= 0.3 is 0 Å². The molecule has 0 fully saturated rings. The minimum Gasteiger partial charge on any atom is -0.313 e. The summed E-state index contributed by atoms with van der Waals surface area (Å²) >= 11 is 6.15. The maximum absolute atomic E-state index is 12.9. The largest absolute Gasteiger partial charge is 0.313 e. The Kier molecular flexibility index (Phi) is 4.35. The van der Waals surface area contributed by atoms with Gasteiger partial charge in [-0.05, 0) is 37.3 Å². The first-order valence-corrected chi connectivity index (χ1v) is 8.22. The average Bonchev–Trinajstić information content (AvgIpc) is 2.92. The number of hydroxylamine groups is 3. The number of nitrogens with zero attached hydrogens (tertiary/aromatic N) is 2. The molecule has 3 rings (SSSR count). The van der Waals surface area contributed by atoms with Crippen molar-refractivity contribution >= 4 is 28.4 Å². The lowest BCUT2D eigenvalue weighted by Gasteiger charge is -2.25. The van der Waals surface area contributed by atoms with E-state index in [9.17, 15) is 4.79 Å². The molecule has 2 aromatic carbocycles. The van der Waals surface area contributed by atoms with E-state index in [0.29, 0.717) is 21.0 Å². The van der Waals surface area contributed by atoms with E-state index in [2.05, 4.69) is 0 Å². The van der Waals surface area contributed by atoms with Crippen LogP contribution in [0.2, 0.25) is 5.02 Å². The van der Waals surface area contributed by atoms with Crippen molar-refractivity contribution in [1.82, 2.24) is 4.57 Å². The summed E-state index contributed by atoms with van der Waals surface area (Å²) in [5.74, 6) is 0.545. The molecule has 0 aliphatic heterocycles. The van der Waals surface area contributed by atoms with E-state index in [1.807, 2.05) is 51.4 Å². The second-order valence-corrected chi connectivity index (χ2v) is 6.61. The third kappa shape index (κ3) is 3.16. The quantitative estimate of drug-likeness (QED) is 0.520. The van der Waals surface area contributed by atoms with Crippen molar-refractivity contribution in [1.29, 1.82) is 0 Å². The number of hydrogen-bond donors (Lipinski definition) is 0. The molecular formula is C19H20ClN2O2+. The van der Waals surface area contributed by atoms with Crippen LogP contribution < -0.4 is 4.84 Å². The lowest BCUT2D eigenvalue weighted by atomic mass is 10.2. The van der Waals surface area contributed by atoms with Gasteiger partial charge in [0.1, 0.15) is 20.6 Å². The minimum atomic E-state index is -0.0976. The Morgan fingerprint density at radius 3 is 2.54 bits per heavy atom. The molecule has 0 atom stereocenters. The molecule has 0 bridgehead atoms. The van der Waals surface area contributed by atoms with Crippen LogP contribution in [0.4, 0.5) is 0 Å². The fraction of sp³-hybridized carbons (Fsp3) is 0.211. The molecule has 0 N–H and O–H groups in total. The van der Waals surface area contributed by atoms with Gasteiger partial charge in [-0.3, -0.25) is 9.36 Å². The first-order chi connectivity index (χ1) is 11.4. The van der Waals surface area contributed by atoms with Gasteiger partial charge < -0.3 is 4.84 Å². The first-order valence-electron chi connectivity index (χ1n) is 7.84. The minimum absolute atomic E-state index is 0.0976. The third-order valence-electron chi connectivity index (χ3n) is 4.08. The smallest absolute Gasteiger partial charge is 0.262 e. The molecule has 3 aromatic rings. The topological polar surface area (TPSA) is 31.2 Å². The van der Waals surface area contributed by atoms with Gasteiger partial charge in [0.25, 0.3) is 5.91 Å². The summed E-state index contributed by atoms with van der Waals surface area (Å²) in [4.78, 5) is 19.0. The van der Waals surface area contributed by atoms with Crippen molar-refractivity contribution in [2.45, 2.75) is 6.92 Å². The molecule has 0 amide bonds. The third-order valence-corrected chi connectivity index (χ3v) is 4.31. The molecule has 5 heteroatoms. The first kappa shape index (κ1) is 16.6. The standard InChI is InChI=1S/C19H20ClN2O2/c1-4-22(2,3)24-18-13-21(17-11-10-15(20)12-16(17)18)19(23)14-8-6-5-7-9-14/h5-13H,4H2,1-3H3/q+1. The molecule has 1 aromatic heterocycles. The summed E-state index contributed by atoms with van der Waals surface area (Å²) in [6.07, 6.45) is 1.74. The Bertz CT molecular complexity index is 885. The van der Waals surface area contributed by atoms with Crippen LogP contribution >= 0.6 is 11.6 Å². The van der Waals surface area contributed by atoms with Crippen LogP contribution in [0.25, 0.3) is 10.9 Å². The fourth-order valence-electron chi connectivity index (χ4n) is 2.46. The highest BCUT2D eigenvalue weighted by molar-refractivity contribution is 6.31. The summed E-state index contributed by atoms with van der Waals surface area (Å²) in [5, 5.41) is 1.44. The maximum atomic E-state index is 12.9. The monoisotopic (exact) mass is 343 g/mol. The summed E-state index contributed by atoms with van der Waals surface area (Å²) in [6.45, 7) is 2.83. The van der Waals surface area contributed by atoms with E-state index in [4.69, 9.17) is 16.4 Å². The van der Waals surface area contributed by atoms with Crippen molar-refractivity contribution in [3.63, 3.8) is 0 Å². The Labute approximate surface area is 146 Å². The van der Waals surface area contributed by atoms with Gasteiger partial charge in [0.05, 0.1) is 17.1 Å². The zero-order chi connectivity index (χ0) is 17.3. The molecule has 0 radical (unpaired) electrons. The Hall–Kier alpha value is -2.30. The number of aromatic nitrogens is 1. The number of hydrogen-bond acceptors (Lipinski definition) is 2. The van der Waals surface area contributed by atoms with Crippen molar-refractivity contribution in [3.05, 3.63) is 65.3 Å². The van der Waals surface area contributed by atoms with E-state index in [0.717, 1.165) is 17.4 Å². The Balaban J connectivity index is 2.14. The van der Waals surface area contributed by atoms with Gasteiger partial charge in [0.15, 0.2) is 0 Å². The molecule has 4 nitrogen and oxygen atoms in total. The number of carbonyl (C=O) groups is 1. The molecule has 0 unspecified atom stereocenters. The van der Waals surface area contributed by atoms with Crippen molar-refractivity contribution in [2.24, 2.45) is 0 Å². The lowest BCUT2D eigenvalue weighted by Crippen LogP contribution is -2.42. The highest BCUT2D eigenvalue weighted by Crippen LogP contribution is 2.32. The maximum Gasteiger partial charge on any atom is 0.262 e. The lowest BCUT2D eigenvalue weighted by molar-refractivity contribution is -1.05. The van der Waals surface area contributed by atoms with E-state index >= 15 is 0 Å². The second-order valence-electron chi connectivity index (χ2n) is 6.18. The average molecular weight is 344 g/mol. The van der Waals surface area contributed by atoms with Crippen molar-refractivity contribution < 1.29 is 14.3 Å². The number of carbonyl (C=O) groups excluding carboxylic acids is 1. The van der Waals surface area contributed by atoms with Gasteiger partial charge in [-0.2, -0.15) is 0 Å². The summed E-state index contributed by atoms with van der Waals surface area (Å²) in [7, 11) is 3.93. The molecule has 1 heterocycles. The van der Waals surface area contributed by atoms with Crippen LogP contribution in [0.5, 0.6) is 5.75 Å². The van der Waals surface area contributed by atoms with Crippen LogP contribution in [0.15, 0.2) is 54.7 Å². The molecule has 124 valence electrons. The molecule has 0 spiro atoms. The van der Waals surface area contributed by atoms with Gasteiger partial charge in [-0.15, -0.1) is 4.65 Å². The summed E-state index contributed by atoms with van der Waals surface area (Å²) in [6, 6.07) is 14.7. The number of fused-ring (bicyclic) bond motifs is 1. The highest BCUT2D eigenvalue weighted by atomic mass is 35.5. The summed E-state index contributed by atoms with van der Waals surface area (Å²) in [5.41, 5.74) is 1.40. The predicted molar refractivity (Wildman–Crippen MR) is 96.4 cm³/mol. The Morgan fingerprint density at radius 1 is 1.17 bits per heavy atom. The molecule has 0 aliphatic rings. The summed E-state index contributed by atoms with van der Waals surface area (Å²) < 4.78 is 1.97. The Morgan fingerprint density at radius 2 is 1.88 bits per heavy atom. The van der Waals surface area contributed by atoms with Gasteiger partial charge in [-0.1, -0.05) is 29.8 Å². The molecule has 0 saturated carbocycles. The molecule has 0 saturated heterocycles. The van der Waals surface area contributed by atoms with Crippen molar-refractivity contribution in [2.75, 3.05) is 20.6 Å². The molecular weight excluding hydrogens is 324 g/mol. The van der Waals surface area contributed by atoms with Gasteiger partial charge in [0, 0.05) is 10.6 Å².